The second kappa shape index (κ2) is 3.66. The molecule has 1 aliphatic rings. The number of hydrogen-bond acceptors (Lipinski definition) is 2. The molecule has 0 radical (unpaired) electrons. The minimum atomic E-state index is -0.727. The smallest absolute Gasteiger partial charge is 0.304 e. The second-order valence-corrected chi connectivity index (χ2v) is 4.80. The van der Waals surface area contributed by atoms with Crippen LogP contribution in [0.3, 0.4) is 0 Å². The summed E-state index contributed by atoms with van der Waals surface area (Å²) in [5, 5.41) is 11.8. The van der Waals surface area contributed by atoms with E-state index in [4.69, 9.17) is 5.11 Å². The molecular weight excluding hydrogens is 166 g/mol. The fraction of sp³-hybridized carbons (Fsp3) is 0.900. The zero-order valence-electron chi connectivity index (χ0n) is 8.63. The lowest BCUT2D eigenvalue weighted by Crippen LogP contribution is -2.30. The summed E-state index contributed by atoms with van der Waals surface area (Å²) in [4.78, 5) is 10.4. The predicted octanol–water partition coefficient (Wildman–Crippen LogP) is 1.49. The van der Waals surface area contributed by atoms with Gasteiger partial charge in [-0.05, 0) is 31.2 Å². The molecule has 1 aliphatic carbocycles. The van der Waals surface area contributed by atoms with E-state index in [2.05, 4.69) is 19.2 Å². The normalized spacial score (nSPS) is 26.8. The first-order valence-electron chi connectivity index (χ1n) is 4.87. The van der Waals surface area contributed by atoms with Crippen molar-refractivity contribution in [3.63, 3.8) is 0 Å². The maximum Gasteiger partial charge on any atom is 0.304 e. The zero-order valence-corrected chi connectivity index (χ0v) is 8.63. The van der Waals surface area contributed by atoms with Crippen molar-refractivity contribution < 1.29 is 9.90 Å². The van der Waals surface area contributed by atoms with E-state index in [0.717, 1.165) is 12.5 Å². The third-order valence-electron chi connectivity index (χ3n) is 2.91. The van der Waals surface area contributed by atoms with Crippen LogP contribution in [0.2, 0.25) is 0 Å². The number of carbonyl (C=O) groups is 1. The lowest BCUT2D eigenvalue weighted by molar-refractivity contribution is -0.137. The fourth-order valence-corrected chi connectivity index (χ4v) is 1.60. The Kier molecular flexibility index (Phi) is 2.96. The minimum Gasteiger partial charge on any atom is -0.481 e. The summed E-state index contributed by atoms with van der Waals surface area (Å²) < 4.78 is 0. The summed E-state index contributed by atoms with van der Waals surface area (Å²) in [6, 6.07) is 0.0916. The Morgan fingerprint density at radius 1 is 1.69 bits per heavy atom. The maximum atomic E-state index is 10.4. The SMILES string of the molecule is CC(CC(=O)O)NCC1CC1(C)C. The molecule has 3 heteroatoms. The van der Waals surface area contributed by atoms with Crippen LogP contribution in [0.1, 0.15) is 33.6 Å². The van der Waals surface area contributed by atoms with Gasteiger partial charge in [-0.1, -0.05) is 13.8 Å². The number of carboxylic acids is 1. The van der Waals surface area contributed by atoms with E-state index < -0.39 is 5.97 Å². The Labute approximate surface area is 79.5 Å². The average Bonchev–Trinajstić information content (AvgIpc) is 2.53. The number of nitrogens with one attached hydrogen (secondary N) is 1. The number of rotatable bonds is 5. The molecule has 2 N–H and O–H groups in total. The lowest BCUT2D eigenvalue weighted by Gasteiger charge is -2.11. The monoisotopic (exact) mass is 185 g/mol. The van der Waals surface area contributed by atoms with Crippen LogP contribution in [-0.2, 0) is 4.79 Å². The molecule has 1 fully saturated rings. The molecule has 13 heavy (non-hydrogen) atoms. The van der Waals surface area contributed by atoms with Gasteiger partial charge in [0.25, 0.3) is 0 Å². The van der Waals surface area contributed by atoms with Gasteiger partial charge in [-0.15, -0.1) is 0 Å². The van der Waals surface area contributed by atoms with Crippen molar-refractivity contribution in [2.45, 2.75) is 39.7 Å². The molecule has 0 aromatic heterocycles. The largest absolute Gasteiger partial charge is 0.481 e. The van der Waals surface area contributed by atoms with E-state index in [0.29, 0.717) is 5.41 Å². The van der Waals surface area contributed by atoms with Crippen molar-refractivity contribution in [3.05, 3.63) is 0 Å². The van der Waals surface area contributed by atoms with Crippen molar-refractivity contribution in [1.82, 2.24) is 5.32 Å². The summed E-state index contributed by atoms with van der Waals surface area (Å²) in [6.07, 6.45) is 1.48. The van der Waals surface area contributed by atoms with Gasteiger partial charge in [0.15, 0.2) is 0 Å². The molecule has 1 saturated carbocycles. The molecule has 0 aromatic rings. The highest BCUT2D eigenvalue weighted by Gasteiger charge is 2.44. The van der Waals surface area contributed by atoms with E-state index >= 15 is 0 Å². The molecule has 0 heterocycles. The van der Waals surface area contributed by atoms with Crippen LogP contribution in [0.15, 0.2) is 0 Å². The average molecular weight is 185 g/mol. The van der Waals surface area contributed by atoms with Gasteiger partial charge in [0, 0.05) is 6.04 Å². The van der Waals surface area contributed by atoms with Gasteiger partial charge < -0.3 is 10.4 Å². The Hall–Kier alpha value is -0.570. The molecule has 0 bridgehead atoms. The lowest BCUT2D eigenvalue weighted by atomic mass is 10.1. The topological polar surface area (TPSA) is 49.3 Å². The van der Waals surface area contributed by atoms with E-state index in [9.17, 15) is 4.79 Å². The van der Waals surface area contributed by atoms with Crippen molar-refractivity contribution in [2.75, 3.05) is 6.54 Å². The van der Waals surface area contributed by atoms with Crippen molar-refractivity contribution in [3.8, 4) is 0 Å². The van der Waals surface area contributed by atoms with Gasteiger partial charge in [-0.3, -0.25) is 4.79 Å². The number of aliphatic carboxylic acids is 1. The van der Waals surface area contributed by atoms with E-state index in [1.54, 1.807) is 0 Å². The van der Waals surface area contributed by atoms with Crippen LogP contribution in [0.25, 0.3) is 0 Å². The Balaban J connectivity index is 2.10. The zero-order chi connectivity index (χ0) is 10.1. The molecule has 0 aliphatic heterocycles. The molecule has 0 amide bonds. The van der Waals surface area contributed by atoms with Gasteiger partial charge in [-0.25, -0.2) is 0 Å². The molecule has 1 rings (SSSR count). The first-order chi connectivity index (χ1) is 5.92. The van der Waals surface area contributed by atoms with Gasteiger partial charge in [0.2, 0.25) is 0 Å². The highest BCUT2D eigenvalue weighted by atomic mass is 16.4. The quantitative estimate of drug-likeness (QED) is 0.682. The van der Waals surface area contributed by atoms with Crippen LogP contribution >= 0.6 is 0 Å². The molecule has 76 valence electrons. The first-order valence-corrected chi connectivity index (χ1v) is 4.87. The van der Waals surface area contributed by atoms with E-state index in [1.807, 2.05) is 6.92 Å². The molecule has 3 nitrogen and oxygen atoms in total. The molecule has 2 atom stereocenters. The van der Waals surface area contributed by atoms with Crippen molar-refractivity contribution in [2.24, 2.45) is 11.3 Å². The molecular formula is C10H19NO2. The highest BCUT2D eigenvalue weighted by Crippen LogP contribution is 2.50. The fourth-order valence-electron chi connectivity index (χ4n) is 1.60. The summed E-state index contributed by atoms with van der Waals surface area (Å²) in [5.41, 5.74) is 0.482. The van der Waals surface area contributed by atoms with E-state index in [1.165, 1.54) is 6.42 Å². The second-order valence-electron chi connectivity index (χ2n) is 4.80. The Bertz CT molecular complexity index is 201. The summed E-state index contributed by atoms with van der Waals surface area (Å²) in [7, 11) is 0. The van der Waals surface area contributed by atoms with E-state index in [-0.39, 0.29) is 12.5 Å². The summed E-state index contributed by atoms with van der Waals surface area (Å²) in [5.74, 6) is 0.0128. The first kappa shape index (κ1) is 10.5. The van der Waals surface area contributed by atoms with Gasteiger partial charge in [0.05, 0.1) is 6.42 Å². The van der Waals surface area contributed by atoms with Crippen LogP contribution in [0.4, 0.5) is 0 Å². The van der Waals surface area contributed by atoms with Crippen molar-refractivity contribution >= 4 is 5.97 Å². The Morgan fingerprint density at radius 3 is 2.62 bits per heavy atom. The molecule has 0 saturated heterocycles. The Morgan fingerprint density at radius 2 is 2.23 bits per heavy atom. The maximum absolute atomic E-state index is 10.4. The van der Waals surface area contributed by atoms with Crippen LogP contribution in [0, 0.1) is 11.3 Å². The van der Waals surface area contributed by atoms with Crippen LogP contribution in [0.5, 0.6) is 0 Å². The predicted molar refractivity (Wildman–Crippen MR) is 51.6 cm³/mol. The third kappa shape index (κ3) is 3.35. The summed E-state index contributed by atoms with van der Waals surface area (Å²) in [6.45, 7) is 7.38. The molecule has 0 aromatic carbocycles. The van der Waals surface area contributed by atoms with Crippen LogP contribution in [-0.4, -0.2) is 23.7 Å². The third-order valence-corrected chi connectivity index (χ3v) is 2.91. The van der Waals surface area contributed by atoms with Gasteiger partial charge in [0.1, 0.15) is 0 Å². The number of hydrogen-bond donors (Lipinski definition) is 2. The standard InChI is InChI=1S/C10H19NO2/c1-7(4-9(12)13)11-6-8-5-10(8,2)3/h7-8,11H,4-6H2,1-3H3,(H,12,13). The molecule has 0 spiro atoms. The summed E-state index contributed by atoms with van der Waals surface area (Å²) >= 11 is 0. The minimum absolute atomic E-state index is 0.0916. The number of carboxylic acid groups (broad SMARTS) is 1. The highest BCUT2D eigenvalue weighted by molar-refractivity contribution is 5.67. The van der Waals surface area contributed by atoms with Crippen molar-refractivity contribution in [1.29, 1.82) is 0 Å². The molecule has 2 unspecified atom stereocenters. The van der Waals surface area contributed by atoms with Crippen LogP contribution < -0.4 is 5.32 Å². The van der Waals surface area contributed by atoms with Gasteiger partial charge >= 0.3 is 5.97 Å². The van der Waals surface area contributed by atoms with Gasteiger partial charge in [-0.2, -0.15) is 0 Å².